The molecule has 2 rings (SSSR count). The van der Waals surface area contributed by atoms with Crippen molar-refractivity contribution < 1.29 is 14.2 Å². The minimum absolute atomic E-state index is 0.0949. The van der Waals surface area contributed by atoms with E-state index in [-0.39, 0.29) is 18.0 Å². The Hall–Kier alpha value is -0.120. The molecule has 2 aliphatic rings. The second kappa shape index (κ2) is 3.47. The van der Waals surface area contributed by atoms with Gasteiger partial charge in [-0.15, -0.1) is 0 Å². The molecule has 0 radical (unpaired) electrons. The van der Waals surface area contributed by atoms with Crippen molar-refractivity contribution in [2.75, 3.05) is 6.61 Å². The molecule has 0 aromatic carbocycles. The zero-order chi connectivity index (χ0) is 10.3. The molecule has 0 N–H and O–H groups in total. The van der Waals surface area contributed by atoms with Crippen LogP contribution in [0.2, 0.25) is 0 Å². The molecular weight excluding hydrogens is 180 g/mol. The highest BCUT2D eigenvalue weighted by Gasteiger charge is 2.49. The Morgan fingerprint density at radius 2 is 1.93 bits per heavy atom. The van der Waals surface area contributed by atoms with Gasteiger partial charge in [0.15, 0.2) is 6.29 Å². The highest BCUT2D eigenvalue weighted by atomic mass is 16.7. The van der Waals surface area contributed by atoms with Gasteiger partial charge < -0.3 is 14.2 Å². The average molecular weight is 200 g/mol. The van der Waals surface area contributed by atoms with E-state index in [0.29, 0.717) is 18.6 Å². The van der Waals surface area contributed by atoms with Crippen LogP contribution in [0.3, 0.4) is 0 Å². The largest absolute Gasteiger partial charge is 0.370 e. The average Bonchev–Trinajstić information content (AvgIpc) is 2.08. The molecule has 0 aromatic rings. The van der Waals surface area contributed by atoms with Crippen molar-refractivity contribution in [2.24, 2.45) is 5.92 Å². The number of hydrogen-bond donors (Lipinski definition) is 0. The van der Waals surface area contributed by atoms with Gasteiger partial charge in [0.25, 0.3) is 0 Å². The Kier molecular flexibility index (Phi) is 2.58. The van der Waals surface area contributed by atoms with Crippen molar-refractivity contribution in [3.8, 4) is 0 Å². The molecule has 0 bridgehead atoms. The van der Waals surface area contributed by atoms with Crippen LogP contribution in [0.25, 0.3) is 0 Å². The maximum Gasteiger partial charge on any atom is 0.155 e. The molecule has 0 saturated carbocycles. The smallest absolute Gasteiger partial charge is 0.155 e. The second-order valence-electron chi connectivity index (χ2n) is 4.77. The zero-order valence-electron chi connectivity index (χ0n) is 9.45. The Bertz CT molecular complexity index is 219. The third kappa shape index (κ3) is 1.58. The van der Waals surface area contributed by atoms with Gasteiger partial charge in [-0.1, -0.05) is 6.92 Å². The molecule has 5 atom stereocenters. The summed E-state index contributed by atoms with van der Waals surface area (Å²) in [6, 6.07) is 0. The van der Waals surface area contributed by atoms with E-state index in [1.165, 1.54) is 0 Å². The summed E-state index contributed by atoms with van der Waals surface area (Å²) in [5.41, 5.74) is -0.163. The summed E-state index contributed by atoms with van der Waals surface area (Å²) in [5, 5.41) is 0. The molecule has 2 fully saturated rings. The molecule has 0 spiro atoms. The third-order valence-electron chi connectivity index (χ3n) is 3.60. The van der Waals surface area contributed by atoms with Crippen LogP contribution in [0.5, 0.6) is 0 Å². The summed E-state index contributed by atoms with van der Waals surface area (Å²) >= 11 is 0. The van der Waals surface area contributed by atoms with E-state index >= 15 is 0 Å². The third-order valence-corrected chi connectivity index (χ3v) is 3.60. The molecule has 3 nitrogen and oxygen atoms in total. The van der Waals surface area contributed by atoms with Gasteiger partial charge >= 0.3 is 0 Å². The van der Waals surface area contributed by atoms with Gasteiger partial charge in [0, 0.05) is 0 Å². The van der Waals surface area contributed by atoms with Crippen molar-refractivity contribution in [1.82, 2.24) is 0 Å². The van der Waals surface area contributed by atoms with E-state index in [4.69, 9.17) is 14.2 Å². The molecule has 5 unspecified atom stereocenters. The number of fused-ring (bicyclic) bond motifs is 1. The second-order valence-corrected chi connectivity index (χ2v) is 4.77. The van der Waals surface area contributed by atoms with Crippen LogP contribution in [-0.4, -0.2) is 30.7 Å². The van der Waals surface area contributed by atoms with E-state index in [0.717, 1.165) is 6.42 Å². The summed E-state index contributed by atoms with van der Waals surface area (Å²) in [6.07, 6.45) is 1.39. The molecule has 2 saturated heterocycles. The quantitative estimate of drug-likeness (QED) is 0.598. The van der Waals surface area contributed by atoms with Crippen molar-refractivity contribution in [3.63, 3.8) is 0 Å². The van der Waals surface area contributed by atoms with E-state index in [2.05, 4.69) is 20.8 Å². The van der Waals surface area contributed by atoms with Crippen molar-refractivity contribution in [3.05, 3.63) is 0 Å². The minimum Gasteiger partial charge on any atom is -0.370 e. The molecule has 0 aromatic heterocycles. The maximum absolute atomic E-state index is 5.89. The minimum atomic E-state index is -0.163. The van der Waals surface area contributed by atoms with Crippen molar-refractivity contribution in [1.29, 1.82) is 0 Å². The lowest BCUT2D eigenvalue weighted by Crippen LogP contribution is -2.60. The predicted molar refractivity (Wildman–Crippen MR) is 53.0 cm³/mol. The van der Waals surface area contributed by atoms with E-state index in [1.54, 1.807) is 0 Å². The number of hydrogen-bond acceptors (Lipinski definition) is 3. The summed E-state index contributed by atoms with van der Waals surface area (Å²) in [6.45, 7) is 9.12. The summed E-state index contributed by atoms with van der Waals surface area (Å²) in [4.78, 5) is 0. The van der Waals surface area contributed by atoms with Crippen LogP contribution in [0.1, 0.15) is 34.1 Å². The van der Waals surface area contributed by atoms with Gasteiger partial charge in [-0.05, 0) is 33.1 Å². The van der Waals surface area contributed by atoms with Gasteiger partial charge in [0.2, 0.25) is 0 Å². The fraction of sp³-hybridized carbons (Fsp3) is 1.00. The number of ether oxygens (including phenoxy) is 3. The van der Waals surface area contributed by atoms with Gasteiger partial charge in [0.1, 0.15) is 6.10 Å². The zero-order valence-corrected chi connectivity index (χ0v) is 9.45. The summed E-state index contributed by atoms with van der Waals surface area (Å²) in [5.74, 6) is 0.530. The lowest BCUT2D eigenvalue weighted by molar-refractivity contribution is -0.330. The van der Waals surface area contributed by atoms with Gasteiger partial charge in [-0.2, -0.15) is 0 Å². The first-order chi connectivity index (χ1) is 6.52. The lowest BCUT2D eigenvalue weighted by atomic mass is 9.79. The molecular formula is C11H20O3. The topological polar surface area (TPSA) is 27.7 Å². The summed E-state index contributed by atoms with van der Waals surface area (Å²) in [7, 11) is 0. The monoisotopic (exact) mass is 200 g/mol. The Morgan fingerprint density at radius 3 is 2.64 bits per heavy atom. The van der Waals surface area contributed by atoms with E-state index in [1.807, 2.05) is 6.92 Å². The molecule has 3 heteroatoms. The highest BCUT2D eigenvalue weighted by Crippen LogP contribution is 2.40. The normalized spacial score (nSPS) is 54.0. The van der Waals surface area contributed by atoms with Crippen LogP contribution in [0, 0.1) is 5.92 Å². The Morgan fingerprint density at radius 1 is 1.21 bits per heavy atom. The molecule has 0 amide bonds. The van der Waals surface area contributed by atoms with Gasteiger partial charge in [-0.25, -0.2) is 0 Å². The molecule has 2 heterocycles. The van der Waals surface area contributed by atoms with E-state index < -0.39 is 0 Å². The Balaban J connectivity index is 2.16. The highest BCUT2D eigenvalue weighted by molar-refractivity contribution is 4.96. The van der Waals surface area contributed by atoms with Crippen molar-refractivity contribution in [2.45, 2.75) is 58.2 Å². The predicted octanol–water partition coefficient (Wildman–Crippen LogP) is 1.95. The first kappa shape index (κ1) is 10.4. The van der Waals surface area contributed by atoms with Crippen LogP contribution in [0.15, 0.2) is 0 Å². The Labute approximate surface area is 85.7 Å². The molecule has 82 valence electrons. The van der Waals surface area contributed by atoms with Crippen LogP contribution >= 0.6 is 0 Å². The van der Waals surface area contributed by atoms with E-state index in [9.17, 15) is 0 Å². The molecule has 14 heavy (non-hydrogen) atoms. The van der Waals surface area contributed by atoms with Crippen LogP contribution in [0.4, 0.5) is 0 Å². The van der Waals surface area contributed by atoms with Gasteiger partial charge in [0.05, 0.1) is 18.3 Å². The van der Waals surface area contributed by atoms with Gasteiger partial charge in [-0.3, -0.25) is 0 Å². The molecule has 2 aliphatic heterocycles. The molecule has 0 aliphatic carbocycles. The lowest BCUT2D eigenvalue weighted by Gasteiger charge is -2.51. The SMILES string of the molecule is CC1CC(C)C2(C)OC(C)OCC2O1. The standard InChI is InChI=1S/C11H20O3/c1-7-5-8(2)13-10-6-12-9(3)14-11(7,10)4/h7-10H,5-6H2,1-4H3. The first-order valence-corrected chi connectivity index (χ1v) is 5.47. The van der Waals surface area contributed by atoms with Crippen molar-refractivity contribution >= 4 is 0 Å². The van der Waals surface area contributed by atoms with Crippen LogP contribution < -0.4 is 0 Å². The maximum atomic E-state index is 5.89. The fourth-order valence-corrected chi connectivity index (χ4v) is 2.53. The van der Waals surface area contributed by atoms with Crippen LogP contribution in [-0.2, 0) is 14.2 Å². The first-order valence-electron chi connectivity index (χ1n) is 5.47. The number of rotatable bonds is 0. The fourth-order valence-electron chi connectivity index (χ4n) is 2.53. The summed E-state index contributed by atoms with van der Waals surface area (Å²) < 4.78 is 17.2.